The van der Waals surface area contributed by atoms with E-state index >= 15 is 0 Å². The van der Waals surface area contributed by atoms with E-state index in [1.807, 2.05) is 45.0 Å². The molecular formula is C15H20N4O. The Morgan fingerprint density at radius 2 is 2.00 bits per heavy atom. The number of hydrogen-bond acceptors (Lipinski definition) is 3. The number of aromatic amines is 1. The van der Waals surface area contributed by atoms with Crippen LogP contribution >= 0.6 is 0 Å². The quantitative estimate of drug-likeness (QED) is 0.748. The number of anilines is 2. The van der Waals surface area contributed by atoms with Crippen molar-refractivity contribution in [2.45, 2.75) is 33.1 Å². The predicted octanol–water partition coefficient (Wildman–Crippen LogP) is 2.74. The normalized spacial score (nSPS) is 12.2. The first kappa shape index (κ1) is 14.1. The van der Waals surface area contributed by atoms with Gasteiger partial charge in [-0.05, 0) is 37.5 Å². The highest BCUT2D eigenvalue weighted by atomic mass is 16.1. The van der Waals surface area contributed by atoms with Gasteiger partial charge in [0.1, 0.15) is 0 Å². The minimum atomic E-state index is -0.0380. The summed E-state index contributed by atoms with van der Waals surface area (Å²) in [4.78, 5) is 12.0. The van der Waals surface area contributed by atoms with E-state index < -0.39 is 0 Å². The lowest BCUT2D eigenvalue weighted by molar-refractivity contribution is -0.116. The number of amides is 1. The second-order valence-electron chi connectivity index (χ2n) is 5.14. The van der Waals surface area contributed by atoms with Gasteiger partial charge in [-0.15, -0.1) is 0 Å². The third-order valence-electron chi connectivity index (χ3n) is 3.51. The Morgan fingerprint density at radius 3 is 2.55 bits per heavy atom. The van der Waals surface area contributed by atoms with E-state index in [1.165, 1.54) is 0 Å². The molecule has 0 spiro atoms. The summed E-state index contributed by atoms with van der Waals surface area (Å²) in [6.45, 7) is 5.88. The Morgan fingerprint density at radius 1 is 1.35 bits per heavy atom. The number of nitrogens with one attached hydrogen (secondary N) is 2. The molecule has 0 radical (unpaired) electrons. The van der Waals surface area contributed by atoms with Crippen LogP contribution in [-0.4, -0.2) is 16.1 Å². The van der Waals surface area contributed by atoms with E-state index in [0.29, 0.717) is 12.2 Å². The van der Waals surface area contributed by atoms with Gasteiger partial charge in [-0.25, -0.2) is 0 Å². The van der Waals surface area contributed by atoms with E-state index in [9.17, 15) is 4.79 Å². The van der Waals surface area contributed by atoms with Crippen LogP contribution < -0.4 is 11.1 Å². The molecule has 0 fully saturated rings. The second-order valence-corrected chi connectivity index (χ2v) is 5.14. The summed E-state index contributed by atoms with van der Waals surface area (Å²) in [6.07, 6.45) is 0.412. The molecule has 20 heavy (non-hydrogen) atoms. The van der Waals surface area contributed by atoms with Crippen LogP contribution in [0.25, 0.3) is 0 Å². The summed E-state index contributed by atoms with van der Waals surface area (Å²) in [5, 5.41) is 9.77. The molecule has 5 nitrogen and oxygen atoms in total. The van der Waals surface area contributed by atoms with E-state index in [1.54, 1.807) is 0 Å². The zero-order valence-electron chi connectivity index (χ0n) is 12.0. The number of nitrogen functional groups attached to an aromatic ring is 1. The number of carbonyl (C=O) groups excluding carboxylic acids is 1. The van der Waals surface area contributed by atoms with Crippen LogP contribution in [0.1, 0.15) is 36.1 Å². The van der Waals surface area contributed by atoms with Crippen molar-refractivity contribution in [3.05, 3.63) is 41.1 Å². The maximum absolute atomic E-state index is 12.0. The minimum absolute atomic E-state index is 0.0380. The highest BCUT2D eigenvalue weighted by Crippen LogP contribution is 2.21. The third-order valence-corrected chi connectivity index (χ3v) is 3.51. The Hall–Kier alpha value is -2.30. The van der Waals surface area contributed by atoms with Gasteiger partial charge in [0.05, 0.1) is 0 Å². The molecule has 1 amide bonds. The zero-order chi connectivity index (χ0) is 14.7. The second kappa shape index (κ2) is 5.77. The molecule has 0 aliphatic rings. The Bertz CT molecular complexity index is 601. The molecule has 0 aliphatic heterocycles. The molecule has 1 unspecified atom stereocenters. The van der Waals surface area contributed by atoms with Crippen molar-refractivity contribution in [2.75, 3.05) is 11.1 Å². The molecule has 1 aromatic carbocycles. The average Bonchev–Trinajstić information content (AvgIpc) is 2.71. The summed E-state index contributed by atoms with van der Waals surface area (Å²) in [6, 6.07) is 7.62. The molecule has 2 rings (SSSR count). The monoisotopic (exact) mass is 272 g/mol. The number of nitrogens with two attached hydrogens (primary N) is 1. The molecule has 0 aliphatic carbocycles. The molecule has 4 N–H and O–H groups in total. The van der Waals surface area contributed by atoms with Crippen molar-refractivity contribution in [3.63, 3.8) is 0 Å². The SMILES string of the molecule is Cc1[nH]nc(NC(=O)CC(C)c2ccc(N)cc2)c1C. The van der Waals surface area contributed by atoms with Crippen molar-refractivity contribution < 1.29 is 4.79 Å². The fourth-order valence-electron chi connectivity index (χ4n) is 2.01. The Labute approximate surface area is 118 Å². The summed E-state index contributed by atoms with van der Waals surface area (Å²) < 4.78 is 0. The molecule has 0 bridgehead atoms. The number of aryl methyl sites for hydroxylation is 1. The van der Waals surface area contributed by atoms with Crippen molar-refractivity contribution in [1.82, 2.24) is 10.2 Å². The van der Waals surface area contributed by atoms with Gasteiger partial charge in [-0.2, -0.15) is 5.10 Å². The summed E-state index contributed by atoms with van der Waals surface area (Å²) in [5.41, 5.74) is 9.42. The van der Waals surface area contributed by atoms with Crippen LogP contribution in [0.3, 0.4) is 0 Å². The largest absolute Gasteiger partial charge is 0.399 e. The number of hydrogen-bond donors (Lipinski definition) is 3. The van der Waals surface area contributed by atoms with Crippen LogP contribution in [0.15, 0.2) is 24.3 Å². The Kier molecular flexibility index (Phi) is 4.08. The maximum atomic E-state index is 12.0. The van der Waals surface area contributed by atoms with E-state index in [0.717, 1.165) is 22.5 Å². The number of benzene rings is 1. The van der Waals surface area contributed by atoms with E-state index in [2.05, 4.69) is 15.5 Å². The van der Waals surface area contributed by atoms with E-state index in [4.69, 9.17) is 5.73 Å². The van der Waals surface area contributed by atoms with Gasteiger partial charge in [0.15, 0.2) is 5.82 Å². The van der Waals surface area contributed by atoms with E-state index in [-0.39, 0.29) is 11.8 Å². The van der Waals surface area contributed by atoms with Gasteiger partial charge in [-0.1, -0.05) is 19.1 Å². The van der Waals surface area contributed by atoms with Gasteiger partial charge in [0.25, 0.3) is 0 Å². The lowest BCUT2D eigenvalue weighted by Crippen LogP contribution is -2.15. The molecule has 0 saturated carbocycles. The molecule has 5 heteroatoms. The van der Waals surface area contributed by atoms with Crippen molar-refractivity contribution in [3.8, 4) is 0 Å². The van der Waals surface area contributed by atoms with Gasteiger partial charge in [0, 0.05) is 23.4 Å². The molecule has 1 atom stereocenters. The van der Waals surface area contributed by atoms with Gasteiger partial charge in [-0.3, -0.25) is 9.89 Å². The van der Waals surface area contributed by atoms with Crippen LogP contribution in [0.5, 0.6) is 0 Å². The van der Waals surface area contributed by atoms with Crippen molar-refractivity contribution in [2.24, 2.45) is 0 Å². The first-order chi connectivity index (χ1) is 9.47. The third kappa shape index (κ3) is 3.17. The number of carbonyl (C=O) groups is 1. The van der Waals surface area contributed by atoms with Crippen LogP contribution in [0.4, 0.5) is 11.5 Å². The summed E-state index contributed by atoms with van der Waals surface area (Å²) in [5.74, 6) is 0.705. The molecule has 1 aromatic heterocycles. The van der Waals surface area contributed by atoms with Crippen LogP contribution in [-0.2, 0) is 4.79 Å². The number of aromatic nitrogens is 2. The lowest BCUT2D eigenvalue weighted by atomic mass is 9.97. The van der Waals surface area contributed by atoms with Crippen LogP contribution in [0.2, 0.25) is 0 Å². The maximum Gasteiger partial charge on any atom is 0.226 e. The minimum Gasteiger partial charge on any atom is -0.399 e. The first-order valence-electron chi connectivity index (χ1n) is 6.64. The smallest absolute Gasteiger partial charge is 0.226 e. The number of rotatable bonds is 4. The van der Waals surface area contributed by atoms with Gasteiger partial charge < -0.3 is 11.1 Å². The number of H-pyrrole nitrogens is 1. The standard InChI is InChI=1S/C15H20N4O/c1-9(12-4-6-13(16)7-5-12)8-14(20)17-15-10(2)11(3)18-19-15/h4-7,9H,8,16H2,1-3H3,(H2,17,18,19,20). The highest BCUT2D eigenvalue weighted by Gasteiger charge is 2.14. The molecule has 1 heterocycles. The van der Waals surface area contributed by atoms with Gasteiger partial charge >= 0.3 is 0 Å². The highest BCUT2D eigenvalue weighted by molar-refractivity contribution is 5.91. The van der Waals surface area contributed by atoms with Crippen molar-refractivity contribution >= 4 is 17.4 Å². The van der Waals surface area contributed by atoms with Crippen molar-refractivity contribution in [1.29, 1.82) is 0 Å². The molecule has 106 valence electrons. The summed E-state index contributed by atoms with van der Waals surface area (Å²) in [7, 11) is 0. The fourth-order valence-corrected chi connectivity index (χ4v) is 2.01. The molecule has 0 saturated heterocycles. The van der Waals surface area contributed by atoms with Gasteiger partial charge in [0.2, 0.25) is 5.91 Å². The molecule has 2 aromatic rings. The molecular weight excluding hydrogens is 252 g/mol. The summed E-state index contributed by atoms with van der Waals surface area (Å²) >= 11 is 0. The predicted molar refractivity (Wildman–Crippen MR) is 80.6 cm³/mol. The number of nitrogens with zero attached hydrogens (tertiary/aromatic N) is 1. The topological polar surface area (TPSA) is 83.8 Å². The fraction of sp³-hybridized carbons (Fsp3) is 0.333. The zero-order valence-corrected chi connectivity index (χ0v) is 12.0. The average molecular weight is 272 g/mol. The first-order valence-corrected chi connectivity index (χ1v) is 6.64. The van der Waals surface area contributed by atoms with Crippen LogP contribution in [0, 0.1) is 13.8 Å². The lowest BCUT2D eigenvalue weighted by Gasteiger charge is -2.11. The Balaban J connectivity index is 1.97.